The smallest absolute Gasteiger partial charge is 0.0221 e. The van der Waals surface area contributed by atoms with Gasteiger partial charge in [0, 0.05) is 0 Å². The first-order valence-electron chi connectivity index (χ1n) is 17.5. The first-order valence-corrected chi connectivity index (χ1v) is 17.5. The highest BCUT2D eigenvalue weighted by atomic mass is 14.6. The minimum Gasteiger partial charge on any atom is -0.0776 e. The second-order valence-electron chi connectivity index (χ2n) is 15.5. The van der Waals surface area contributed by atoms with E-state index >= 15 is 0 Å². The van der Waals surface area contributed by atoms with Crippen molar-refractivity contribution in [2.75, 3.05) is 0 Å². The third-order valence-electron chi connectivity index (χ3n) is 12.6. The van der Waals surface area contributed by atoms with Crippen LogP contribution >= 0.6 is 0 Å². The van der Waals surface area contributed by atoms with E-state index in [0.717, 1.165) is 0 Å². The Kier molecular flexibility index (Phi) is 21.4. The van der Waals surface area contributed by atoms with Gasteiger partial charge in [-0.2, -0.15) is 0 Å². The molecule has 0 aromatic rings. The summed E-state index contributed by atoms with van der Waals surface area (Å²) in [5.41, 5.74) is 2.76. The first kappa shape index (κ1) is 43.5. The zero-order valence-corrected chi connectivity index (χ0v) is 30.3. The van der Waals surface area contributed by atoms with E-state index in [1.807, 2.05) is 0 Å². The molecule has 0 aliphatic heterocycles. The van der Waals surface area contributed by atoms with E-state index in [4.69, 9.17) is 0 Å². The summed E-state index contributed by atoms with van der Waals surface area (Å²) >= 11 is 0. The Bertz CT molecular complexity index is 533. The quantitative estimate of drug-likeness (QED) is 0.141. The van der Waals surface area contributed by atoms with Gasteiger partial charge in [-0.05, 0) is 71.0 Å². The van der Waals surface area contributed by atoms with Gasteiger partial charge < -0.3 is 0 Å². The fourth-order valence-electron chi connectivity index (χ4n) is 8.57. The van der Waals surface area contributed by atoms with Crippen molar-refractivity contribution in [1.29, 1.82) is 0 Å². The van der Waals surface area contributed by atoms with Crippen LogP contribution in [-0.2, 0) is 0 Å². The Morgan fingerprint density at radius 1 is 0.333 bits per heavy atom. The lowest BCUT2D eigenvalue weighted by Gasteiger charge is -2.56. The molecule has 0 heteroatoms. The average molecular weight is 553 g/mol. The number of unbranched alkanes of at least 4 members (excludes halogenated alkanes) is 2. The van der Waals surface area contributed by atoms with Gasteiger partial charge in [0.2, 0.25) is 0 Å². The molecule has 0 rings (SSSR count). The summed E-state index contributed by atoms with van der Waals surface area (Å²) in [7, 11) is 0. The molecule has 0 bridgehead atoms. The van der Waals surface area contributed by atoms with Crippen molar-refractivity contribution in [3.8, 4) is 0 Å². The topological polar surface area (TPSA) is 0 Å². The van der Waals surface area contributed by atoms with Gasteiger partial charge in [-0.15, -0.1) is 0 Å². The standard InChI is InChI=1S/2C19H40.CH4/c2*1-9-13-16-19(8,17(5,6)14-10-2)18(7,12-4)15-11-3;/h2*9-16H2,1-8H3;1H4. The molecule has 0 saturated heterocycles. The van der Waals surface area contributed by atoms with Crippen LogP contribution in [0.1, 0.15) is 221 Å². The second kappa shape index (κ2) is 19.2. The number of hydrogen-bond donors (Lipinski definition) is 0. The van der Waals surface area contributed by atoms with Crippen molar-refractivity contribution < 1.29 is 0 Å². The fraction of sp³-hybridized carbons (Fsp3) is 1.00. The Morgan fingerprint density at radius 2 is 0.590 bits per heavy atom. The highest BCUT2D eigenvalue weighted by molar-refractivity contribution is 5.01. The minimum atomic E-state index is 0. The van der Waals surface area contributed by atoms with Gasteiger partial charge in [0.25, 0.3) is 0 Å². The van der Waals surface area contributed by atoms with Gasteiger partial charge in [-0.3, -0.25) is 0 Å². The van der Waals surface area contributed by atoms with Gasteiger partial charge in [0.15, 0.2) is 0 Å². The predicted octanol–water partition coefficient (Wildman–Crippen LogP) is 15.1. The second-order valence-corrected chi connectivity index (χ2v) is 15.5. The largest absolute Gasteiger partial charge is 0.0776 e. The van der Waals surface area contributed by atoms with E-state index in [9.17, 15) is 0 Å². The fourth-order valence-corrected chi connectivity index (χ4v) is 8.57. The maximum absolute atomic E-state index is 2.59. The van der Waals surface area contributed by atoms with Crippen LogP contribution in [0.2, 0.25) is 0 Å². The Hall–Kier alpha value is 0. The van der Waals surface area contributed by atoms with E-state index in [-0.39, 0.29) is 7.43 Å². The predicted molar refractivity (Wildman–Crippen MR) is 186 cm³/mol. The molecule has 39 heavy (non-hydrogen) atoms. The molecule has 0 radical (unpaired) electrons. The molecule has 4 atom stereocenters. The van der Waals surface area contributed by atoms with E-state index in [2.05, 4.69) is 111 Å². The zero-order chi connectivity index (χ0) is 30.3. The summed E-state index contributed by atoms with van der Waals surface area (Å²) in [6, 6.07) is 0. The summed E-state index contributed by atoms with van der Waals surface area (Å²) in [6.07, 6.45) is 21.5. The molecule has 0 amide bonds. The lowest BCUT2D eigenvalue weighted by Crippen LogP contribution is -2.48. The molecule has 0 fully saturated rings. The van der Waals surface area contributed by atoms with Crippen LogP contribution < -0.4 is 0 Å². The molecule has 0 spiro atoms. The summed E-state index contributed by atoms with van der Waals surface area (Å²) in [6.45, 7) is 39.2. The summed E-state index contributed by atoms with van der Waals surface area (Å²) in [4.78, 5) is 0. The zero-order valence-electron chi connectivity index (χ0n) is 30.3. The number of rotatable bonds is 20. The maximum Gasteiger partial charge on any atom is -0.0221 e. The summed E-state index contributed by atoms with van der Waals surface area (Å²) in [5.74, 6) is 0. The van der Waals surface area contributed by atoms with E-state index in [1.54, 1.807) is 0 Å². The van der Waals surface area contributed by atoms with Gasteiger partial charge >= 0.3 is 0 Å². The normalized spacial score (nSPS) is 18.5. The molecule has 0 aliphatic rings. The van der Waals surface area contributed by atoms with Gasteiger partial charge in [-0.1, -0.05) is 182 Å². The van der Waals surface area contributed by atoms with Crippen molar-refractivity contribution in [1.82, 2.24) is 0 Å². The van der Waals surface area contributed by atoms with E-state index in [0.29, 0.717) is 32.5 Å². The molecule has 0 aliphatic carbocycles. The average Bonchev–Trinajstić information content (AvgIpc) is 2.85. The van der Waals surface area contributed by atoms with Crippen LogP contribution in [0.5, 0.6) is 0 Å². The summed E-state index contributed by atoms with van der Waals surface area (Å²) < 4.78 is 0. The highest BCUT2D eigenvalue weighted by Crippen LogP contribution is 2.61. The van der Waals surface area contributed by atoms with Gasteiger partial charge in [-0.25, -0.2) is 0 Å². The monoisotopic (exact) mass is 553 g/mol. The Labute approximate surface area is 253 Å². The van der Waals surface area contributed by atoms with Crippen molar-refractivity contribution in [3.05, 3.63) is 0 Å². The molecule has 240 valence electrons. The molecule has 0 aromatic carbocycles. The maximum atomic E-state index is 2.59. The lowest BCUT2D eigenvalue weighted by molar-refractivity contribution is -0.0698. The third kappa shape index (κ3) is 10.7. The van der Waals surface area contributed by atoms with Crippen molar-refractivity contribution in [2.45, 2.75) is 221 Å². The SMILES string of the molecule is C.CCCCC(C)(C(C)(C)CCC)C(C)(CC)CCC.CCCCC(C)(C(C)(C)CCC)C(C)(CC)CCC. The Morgan fingerprint density at radius 3 is 0.769 bits per heavy atom. The van der Waals surface area contributed by atoms with Crippen molar-refractivity contribution >= 4 is 0 Å². The first-order chi connectivity index (χ1) is 17.5. The Balaban J connectivity index is -0.000000648. The van der Waals surface area contributed by atoms with Gasteiger partial charge in [0.05, 0.1) is 0 Å². The van der Waals surface area contributed by atoms with Crippen LogP contribution in [0, 0.1) is 32.5 Å². The van der Waals surface area contributed by atoms with Crippen LogP contribution in [0.25, 0.3) is 0 Å². The van der Waals surface area contributed by atoms with Crippen molar-refractivity contribution in [3.63, 3.8) is 0 Å². The van der Waals surface area contributed by atoms with Crippen LogP contribution in [0.4, 0.5) is 0 Å². The van der Waals surface area contributed by atoms with Crippen molar-refractivity contribution in [2.24, 2.45) is 32.5 Å². The number of hydrogen-bond acceptors (Lipinski definition) is 0. The third-order valence-corrected chi connectivity index (χ3v) is 12.6. The lowest BCUT2D eigenvalue weighted by atomic mass is 9.48. The highest BCUT2D eigenvalue weighted by Gasteiger charge is 2.52. The van der Waals surface area contributed by atoms with Crippen LogP contribution in [0.3, 0.4) is 0 Å². The molecule has 0 aromatic heterocycles. The molecular formula is C39H84. The molecular weight excluding hydrogens is 468 g/mol. The van der Waals surface area contributed by atoms with E-state index in [1.165, 1.54) is 103 Å². The van der Waals surface area contributed by atoms with Crippen LogP contribution in [-0.4, -0.2) is 0 Å². The molecule has 0 N–H and O–H groups in total. The van der Waals surface area contributed by atoms with E-state index < -0.39 is 0 Å². The van der Waals surface area contributed by atoms with Crippen LogP contribution in [0.15, 0.2) is 0 Å². The molecule has 0 nitrogen and oxygen atoms in total. The molecule has 0 saturated carbocycles. The summed E-state index contributed by atoms with van der Waals surface area (Å²) in [5, 5.41) is 0. The van der Waals surface area contributed by atoms with Gasteiger partial charge in [0.1, 0.15) is 0 Å². The molecule has 4 unspecified atom stereocenters. The minimum absolute atomic E-state index is 0. The molecule has 0 heterocycles.